The van der Waals surface area contributed by atoms with Gasteiger partial charge in [0.05, 0.1) is 5.92 Å². The van der Waals surface area contributed by atoms with E-state index in [4.69, 9.17) is 0 Å². The quantitative estimate of drug-likeness (QED) is 0.111. The first-order valence-corrected chi connectivity index (χ1v) is 9.51. The molecule has 0 aliphatic carbocycles. The molecule has 42 heavy (non-hydrogen) atoms. The number of esters is 1. The van der Waals surface area contributed by atoms with Gasteiger partial charge in [-0.1, -0.05) is 13.5 Å². The fourth-order valence-corrected chi connectivity index (χ4v) is 2.45. The Bertz CT molecular complexity index is 1010. The number of ether oxygens (including phenoxy) is 1. The number of hydrogen-bond donors (Lipinski definition) is 0. The maximum atomic E-state index is 13.9. The van der Waals surface area contributed by atoms with E-state index in [0.29, 0.717) is 0 Å². The van der Waals surface area contributed by atoms with Gasteiger partial charge in [-0.15, -0.1) is 0 Å². The monoisotopic (exact) mass is 682 g/mol. The summed E-state index contributed by atoms with van der Waals surface area (Å²) in [6.07, 6.45) is -8.03. The van der Waals surface area contributed by atoms with E-state index in [9.17, 15) is 106 Å². The Morgan fingerprint density at radius 1 is 0.524 bits per heavy atom. The summed E-state index contributed by atoms with van der Waals surface area (Å²) in [7, 11) is 0. The van der Waals surface area contributed by atoms with Crippen LogP contribution < -0.4 is 0 Å². The van der Waals surface area contributed by atoms with E-state index in [0.717, 1.165) is 0 Å². The summed E-state index contributed by atoms with van der Waals surface area (Å²) in [6.45, 7) is 0.00604. The van der Waals surface area contributed by atoms with Crippen LogP contribution in [0.3, 0.4) is 0 Å². The van der Waals surface area contributed by atoms with Gasteiger partial charge in [0.1, 0.15) is 6.61 Å². The summed E-state index contributed by atoms with van der Waals surface area (Å²) in [4.78, 5) is 10.7. The second-order valence-corrected chi connectivity index (χ2v) is 8.03. The topological polar surface area (TPSA) is 26.3 Å². The van der Waals surface area contributed by atoms with Crippen LogP contribution in [0.25, 0.3) is 0 Å². The summed E-state index contributed by atoms with van der Waals surface area (Å²) in [5.74, 6) is -93.7. The molecule has 0 saturated carbocycles. The maximum Gasteiger partial charge on any atom is 0.460 e. The normalized spacial score (nSPS) is 16.8. The first-order valence-electron chi connectivity index (χ1n) is 9.51. The molecule has 0 spiro atoms. The highest BCUT2D eigenvalue weighted by molar-refractivity contribution is 5.81. The lowest BCUT2D eigenvalue weighted by Crippen LogP contribution is -2.77. The second-order valence-electron chi connectivity index (χ2n) is 8.03. The van der Waals surface area contributed by atoms with Gasteiger partial charge in [-0.3, -0.25) is 0 Å². The molecule has 0 N–H and O–H groups in total. The smallest absolute Gasteiger partial charge is 0.460 e. The van der Waals surface area contributed by atoms with Crippen molar-refractivity contribution in [2.24, 2.45) is 5.92 Å². The summed E-state index contributed by atoms with van der Waals surface area (Å²) in [6, 6.07) is 0. The molecule has 0 amide bonds. The van der Waals surface area contributed by atoms with E-state index in [2.05, 4.69) is 11.3 Å². The standard InChI is InChI=1S/C17H9F23O2/c1-3-6(41)42-4-5(2)7(18,19)8(20,21)9(22,23)10(24,25)11(26,27)12(28,29)13(30,31)14(32,33)15(34,35)16(36,37)17(38,39)40/h3,5H,1,4H2,2H3. The molecule has 25 heteroatoms. The molecule has 0 radical (unpaired) electrons. The molecular formula is C17H9F23O2. The van der Waals surface area contributed by atoms with Crippen LogP contribution in [0.4, 0.5) is 101 Å². The van der Waals surface area contributed by atoms with Crippen LogP contribution in [0.15, 0.2) is 12.7 Å². The fourth-order valence-electron chi connectivity index (χ4n) is 2.45. The molecule has 1 unspecified atom stereocenters. The van der Waals surface area contributed by atoms with Crippen molar-refractivity contribution in [3.05, 3.63) is 12.7 Å². The number of hydrogen-bond acceptors (Lipinski definition) is 2. The molecule has 0 aliphatic rings. The van der Waals surface area contributed by atoms with Crippen LogP contribution in [-0.4, -0.2) is 78.0 Å². The lowest BCUT2D eigenvalue weighted by molar-refractivity contribution is -0.479. The van der Waals surface area contributed by atoms with Gasteiger partial charge in [0.15, 0.2) is 0 Å². The van der Waals surface area contributed by atoms with Crippen LogP contribution >= 0.6 is 0 Å². The third-order valence-electron chi connectivity index (χ3n) is 5.19. The van der Waals surface area contributed by atoms with Crippen LogP contribution in [0.5, 0.6) is 0 Å². The molecule has 0 fully saturated rings. The number of carbonyl (C=O) groups excluding carboxylic acids is 1. The van der Waals surface area contributed by atoms with Crippen molar-refractivity contribution in [2.75, 3.05) is 6.61 Å². The number of halogens is 23. The molecule has 0 heterocycles. The Hall–Kier alpha value is -2.40. The SMILES string of the molecule is C=CC(=O)OCC(C)C(F)(F)C(F)(F)C(F)(F)C(F)(F)C(F)(F)C(F)(F)C(F)(F)C(F)(F)C(F)(F)C(F)(F)C(F)(F)F. The lowest BCUT2D eigenvalue weighted by Gasteiger charge is -2.45. The van der Waals surface area contributed by atoms with E-state index < -0.39 is 83.9 Å². The van der Waals surface area contributed by atoms with Crippen molar-refractivity contribution in [3.8, 4) is 0 Å². The molecule has 0 aromatic heterocycles. The predicted molar refractivity (Wildman–Crippen MR) is 85.8 cm³/mol. The minimum Gasteiger partial charge on any atom is -0.462 e. The molecule has 0 aromatic carbocycles. The Morgan fingerprint density at radius 3 is 1.00 bits per heavy atom. The fraction of sp³-hybridized carbons (Fsp3) is 0.824. The van der Waals surface area contributed by atoms with Gasteiger partial charge in [0.2, 0.25) is 0 Å². The highest BCUT2D eigenvalue weighted by Gasteiger charge is 2.98. The Morgan fingerprint density at radius 2 is 0.762 bits per heavy atom. The minimum atomic E-state index is -9.45. The average molecular weight is 682 g/mol. The first kappa shape index (κ1) is 39.6. The zero-order valence-corrected chi connectivity index (χ0v) is 19.1. The molecular weight excluding hydrogens is 673 g/mol. The Balaban J connectivity index is 7.11. The van der Waals surface area contributed by atoms with Gasteiger partial charge in [0.25, 0.3) is 0 Å². The third-order valence-corrected chi connectivity index (χ3v) is 5.19. The molecule has 0 aromatic rings. The zero-order chi connectivity index (χ0) is 34.8. The van der Waals surface area contributed by atoms with Gasteiger partial charge < -0.3 is 4.74 Å². The van der Waals surface area contributed by atoms with Gasteiger partial charge in [0, 0.05) is 6.08 Å². The molecule has 0 saturated heterocycles. The molecule has 1 atom stereocenters. The highest BCUT2D eigenvalue weighted by Crippen LogP contribution is 2.67. The van der Waals surface area contributed by atoms with Gasteiger partial charge in [-0.2, -0.15) is 101 Å². The lowest BCUT2D eigenvalue weighted by atomic mass is 9.83. The van der Waals surface area contributed by atoms with Gasteiger partial charge in [-0.05, 0) is 0 Å². The van der Waals surface area contributed by atoms with Crippen molar-refractivity contribution in [1.82, 2.24) is 0 Å². The second kappa shape index (κ2) is 10.4. The Kier molecular flexibility index (Phi) is 9.76. The van der Waals surface area contributed by atoms with Crippen molar-refractivity contribution in [2.45, 2.75) is 72.3 Å². The molecule has 2 nitrogen and oxygen atoms in total. The third kappa shape index (κ3) is 4.98. The Labute approximate surface area is 215 Å². The summed E-state index contributed by atoms with van der Waals surface area (Å²) in [5, 5.41) is 0. The van der Waals surface area contributed by atoms with Crippen LogP contribution in [-0.2, 0) is 9.53 Å². The predicted octanol–water partition coefficient (Wildman–Crippen LogP) is 8.27. The average Bonchev–Trinajstić information content (AvgIpc) is 2.79. The summed E-state index contributed by atoms with van der Waals surface area (Å²) in [5.41, 5.74) is 0. The summed E-state index contributed by atoms with van der Waals surface area (Å²) < 4.78 is 311. The highest BCUT2D eigenvalue weighted by atomic mass is 19.4. The van der Waals surface area contributed by atoms with Crippen LogP contribution in [0.2, 0.25) is 0 Å². The number of alkyl halides is 23. The molecule has 0 rings (SSSR count). The van der Waals surface area contributed by atoms with E-state index in [1.54, 1.807) is 0 Å². The van der Waals surface area contributed by atoms with Crippen molar-refractivity contribution in [3.63, 3.8) is 0 Å². The molecule has 250 valence electrons. The van der Waals surface area contributed by atoms with Crippen molar-refractivity contribution >= 4 is 5.97 Å². The van der Waals surface area contributed by atoms with E-state index >= 15 is 0 Å². The first-order chi connectivity index (χ1) is 17.9. The number of carbonyl (C=O) groups is 1. The summed E-state index contributed by atoms with van der Waals surface area (Å²) >= 11 is 0. The van der Waals surface area contributed by atoms with Gasteiger partial charge in [-0.25, -0.2) is 4.79 Å². The van der Waals surface area contributed by atoms with E-state index in [1.165, 1.54) is 0 Å². The maximum absolute atomic E-state index is 13.9. The van der Waals surface area contributed by atoms with Crippen LogP contribution in [0, 0.1) is 5.92 Å². The van der Waals surface area contributed by atoms with Crippen molar-refractivity contribution < 1.29 is 111 Å². The number of rotatable bonds is 13. The van der Waals surface area contributed by atoms with Crippen molar-refractivity contribution in [1.29, 1.82) is 0 Å². The van der Waals surface area contributed by atoms with E-state index in [1.807, 2.05) is 0 Å². The van der Waals surface area contributed by atoms with Crippen LogP contribution in [0.1, 0.15) is 6.92 Å². The minimum absolute atomic E-state index is 0.0818. The van der Waals surface area contributed by atoms with E-state index in [-0.39, 0.29) is 13.0 Å². The van der Waals surface area contributed by atoms with Gasteiger partial charge >= 0.3 is 71.4 Å². The molecule has 0 bridgehead atoms. The zero-order valence-electron chi connectivity index (χ0n) is 19.1. The largest absolute Gasteiger partial charge is 0.462 e. The molecule has 0 aliphatic heterocycles.